The number of nitrogens with zero attached hydrogens (tertiary/aromatic N) is 3. The number of esters is 1. The number of amides is 2. The fraction of sp³-hybridized carbons (Fsp3) is 0.258. The minimum absolute atomic E-state index is 0. The number of methoxy groups -OCH3 is 1. The maximum atomic E-state index is 13.2. The first kappa shape index (κ1) is 32.5. The van der Waals surface area contributed by atoms with Crippen LogP contribution in [0.25, 0.3) is 11.3 Å². The van der Waals surface area contributed by atoms with Crippen LogP contribution in [0, 0.1) is 0 Å². The largest absolute Gasteiger partial charge is 0.465 e. The number of ether oxygens (including phenoxy) is 1. The van der Waals surface area contributed by atoms with E-state index in [4.69, 9.17) is 4.74 Å². The summed E-state index contributed by atoms with van der Waals surface area (Å²) in [6.07, 6.45) is 0. The first-order valence-corrected chi connectivity index (χ1v) is 13.2. The molecule has 11 heteroatoms. The van der Waals surface area contributed by atoms with Gasteiger partial charge in [-0.2, -0.15) is 0 Å². The van der Waals surface area contributed by atoms with Crippen LogP contribution in [0.15, 0.2) is 72.8 Å². The molecular formula is C31H36BrN5O5. The molecular weight excluding hydrogens is 602 g/mol. The highest BCUT2D eigenvalue weighted by Crippen LogP contribution is 2.38. The topological polar surface area (TPSA) is 126 Å². The summed E-state index contributed by atoms with van der Waals surface area (Å²) < 4.78 is 4.82. The van der Waals surface area contributed by atoms with Gasteiger partial charge in [0.25, 0.3) is 5.91 Å². The number of piperazine rings is 1. The van der Waals surface area contributed by atoms with E-state index in [0.717, 1.165) is 43.1 Å². The lowest BCUT2D eigenvalue weighted by Gasteiger charge is -2.32. The van der Waals surface area contributed by atoms with Gasteiger partial charge in [-0.3, -0.25) is 14.5 Å². The second kappa shape index (κ2) is 14.2. The molecule has 0 bridgehead atoms. The van der Waals surface area contributed by atoms with Crippen molar-refractivity contribution < 1.29 is 24.6 Å². The molecule has 0 aromatic heterocycles. The van der Waals surface area contributed by atoms with E-state index in [9.17, 15) is 14.4 Å². The summed E-state index contributed by atoms with van der Waals surface area (Å²) in [6.45, 7) is 4.09. The van der Waals surface area contributed by atoms with Crippen LogP contribution in [0.4, 0.5) is 17.1 Å². The first-order valence-electron chi connectivity index (χ1n) is 13.2. The molecule has 4 N–H and O–H groups in total. The Hall–Kier alpha value is -4.03. The predicted octanol–water partition coefficient (Wildman–Crippen LogP) is 3.37. The molecule has 0 unspecified atom stereocenters. The Balaban J connectivity index is 0.00000242. The van der Waals surface area contributed by atoms with E-state index in [-0.39, 0.29) is 34.3 Å². The lowest BCUT2D eigenvalue weighted by Crippen LogP contribution is -2.48. The number of likely N-dealkylation sites (N-methyl/N-ethyl adjacent to an activating group) is 2. The van der Waals surface area contributed by atoms with Gasteiger partial charge in [-0.15, -0.1) is 17.0 Å². The molecule has 42 heavy (non-hydrogen) atoms. The third kappa shape index (κ3) is 7.05. The molecule has 3 aromatic carbocycles. The molecule has 3 aromatic rings. The third-order valence-electron chi connectivity index (χ3n) is 7.35. The van der Waals surface area contributed by atoms with Crippen molar-refractivity contribution in [3.63, 3.8) is 0 Å². The van der Waals surface area contributed by atoms with Crippen LogP contribution < -0.4 is 15.5 Å². The zero-order valence-electron chi connectivity index (χ0n) is 23.8. The van der Waals surface area contributed by atoms with E-state index in [0.29, 0.717) is 34.6 Å². The van der Waals surface area contributed by atoms with Gasteiger partial charge in [-0.25, -0.2) is 4.79 Å². The molecule has 0 spiro atoms. The van der Waals surface area contributed by atoms with Gasteiger partial charge in [-0.1, -0.05) is 36.4 Å². The molecule has 0 aliphatic carbocycles. The SMILES string of the molecule is Br.COC(=O)c1ccc2c(c1)NC(=O)/C2=C(\Nc1ccc(N(C)C(=O)CN2CCN(C)CC2)cc1)c1ccccc1.O. The van der Waals surface area contributed by atoms with E-state index in [1.165, 1.54) is 7.11 Å². The van der Waals surface area contributed by atoms with Crippen molar-refractivity contribution in [3.8, 4) is 0 Å². The second-order valence-corrected chi connectivity index (χ2v) is 10.0. The van der Waals surface area contributed by atoms with E-state index < -0.39 is 5.97 Å². The maximum absolute atomic E-state index is 13.2. The van der Waals surface area contributed by atoms with Crippen LogP contribution in [0.2, 0.25) is 0 Å². The second-order valence-electron chi connectivity index (χ2n) is 10.0. The molecule has 1 fully saturated rings. The van der Waals surface area contributed by atoms with Gasteiger partial charge in [0, 0.05) is 50.2 Å². The molecule has 2 aliphatic rings. The first-order chi connectivity index (χ1) is 19.3. The minimum atomic E-state index is -0.469. The van der Waals surface area contributed by atoms with Crippen molar-refractivity contribution in [2.75, 3.05) is 69.5 Å². The number of anilines is 3. The molecule has 2 heterocycles. The van der Waals surface area contributed by atoms with Crippen LogP contribution in [0.3, 0.4) is 0 Å². The van der Waals surface area contributed by atoms with Gasteiger partial charge >= 0.3 is 5.97 Å². The molecule has 2 amide bonds. The van der Waals surface area contributed by atoms with Gasteiger partial charge in [0.05, 0.1) is 36.2 Å². The van der Waals surface area contributed by atoms with Crippen molar-refractivity contribution in [2.24, 2.45) is 0 Å². The number of carbonyl (C=O) groups is 3. The highest BCUT2D eigenvalue weighted by molar-refractivity contribution is 8.93. The maximum Gasteiger partial charge on any atom is 0.337 e. The highest BCUT2D eigenvalue weighted by Gasteiger charge is 2.29. The molecule has 5 rings (SSSR count). The van der Waals surface area contributed by atoms with Crippen molar-refractivity contribution >= 4 is 63.1 Å². The van der Waals surface area contributed by atoms with E-state index in [2.05, 4.69) is 27.5 Å². The molecule has 2 aliphatic heterocycles. The fourth-order valence-electron chi connectivity index (χ4n) is 4.91. The molecule has 0 atom stereocenters. The number of benzene rings is 3. The van der Waals surface area contributed by atoms with Crippen molar-refractivity contribution in [1.82, 2.24) is 9.80 Å². The molecule has 222 valence electrons. The Labute approximate surface area is 256 Å². The number of nitrogens with one attached hydrogen (secondary N) is 2. The van der Waals surface area contributed by atoms with Gasteiger partial charge in [0.15, 0.2) is 0 Å². The van der Waals surface area contributed by atoms with Crippen LogP contribution in [-0.4, -0.2) is 87.0 Å². The lowest BCUT2D eigenvalue weighted by atomic mass is 9.99. The average molecular weight is 639 g/mol. The van der Waals surface area contributed by atoms with Gasteiger partial charge < -0.3 is 30.6 Å². The summed E-state index contributed by atoms with van der Waals surface area (Å²) >= 11 is 0. The Bertz CT molecular complexity index is 1450. The normalized spacial score (nSPS) is 15.8. The van der Waals surface area contributed by atoms with E-state index in [1.807, 2.05) is 54.6 Å². The van der Waals surface area contributed by atoms with Gasteiger partial charge in [0.1, 0.15) is 0 Å². The quantitative estimate of drug-likeness (QED) is 0.300. The average Bonchev–Trinajstić information content (AvgIpc) is 3.31. The molecule has 0 radical (unpaired) electrons. The van der Waals surface area contributed by atoms with Crippen molar-refractivity contribution in [1.29, 1.82) is 0 Å². The van der Waals surface area contributed by atoms with Crippen LogP contribution in [0.5, 0.6) is 0 Å². The highest BCUT2D eigenvalue weighted by atomic mass is 79.9. The van der Waals surface area contributed by atoms with E-state index >= 15 is 0 Å². The summed E-state index contributed by atoms with van der Waals surface area (Å²) in [6, 6.07) is 22.2. The summed E-state index contributed by atoms with van der Waals surface area (Å²) in [5, 5.41) is 6.31. The van der Waals surface area contributed by atoms with Gasteiger partial charge in [0.2, 0.25) is 5.91 Å². The van der Waals surface area contributed by atoms with Crippen LogP contribution in [0.1, 0.15) is 21.5 Å². The summed E-state index contributed by atoms with van der Waals surface area (Å²) in [4.78, 5) is 44.3. The Kier molecular flexibility index (Phi) is 11.0. The number of hydrogen-bond donors (Lipinski definition) is 2. The Morgan fingerprint density at radius 2 is 1.62 bits per heavy atom. The monoisotopic (exact) mass is 637 g/mol. The third-order valence-corrected chi connectivity index (χ3v) is 7.35. The molecule has 0 saturated carbocycles. The van der Waals surface area contributed by atoms with Crippen LogP contribution >= 0.6 is 17.0 Å². The number of rotatable bonds is 7. The zero-order valence-corrected chi connectivity index (χ0v) is 25.6. The molecule has 10 nitrogen and oxygen atoms in total. The van der Waals surface area contributed by atoms with E-state index in [1.54, 1.807) is 30.1 Å². The smallest absolute Gasteiger partial charge is 0.337 e. The number of halogens is 1. The van der Waals surface area contributed by atoms with Gasteiger partial charge in [-0.05, 0) is 49.0 Å². The zero-order chi connectivity index (χ0) is 28.2. The Morgan fingerprint density at radius 3 is 2.26 bits per heavy atom. The van der Waals surface area contributed by atoms with Crippen molar-refractivity contribution in [3.05, 3.63) is 89.5 Å². The number of hydrogen-bond acceptors (Lipinski definition) is 7. The predicted molar refractivity (Wildman–Crippen MR) is 171 cm³/mol. The van der Waals surface area contributed by atoms with Crippen molar-refractivity contribution in [2.45, 2.75) is 0 Å². The fourth-order valence-corrected chi connectivity index (χ4v) is 4.91. The summed E-state index contributed by atoms with van der Waals surface area (Å²) in [5.74, 6) is -0.694. The Morgan fingerprint density at radius 1 is 0.952 bits per heavy atom. The number of carbonyl (C=O) groups excluding carboxylic acids is 3. The summed E-state index contributed by atoms with van der Waals surface area (Å²) in [7, 11) is 5.21. The van der Waals surface area contributed by atoms with Crippen LogP contribution in [-0.2, 0) is 14.3 Å². The standard InChI is InChI=1S/C31H33N5O4.BrH.H2O/c1-34-15-17-36(18-16-34)20-27(37)35(2)24-12-10-23(11-13-24)32-29(21-7-5-4-6-8-21)28-25-14-9-22(31(39)40-3)19-26(25)33-30(28)38;;/h4-14,19,32H,15-18,20H2,1-3H3,(H,33,38);1H;1H2/b29-28-;;. The lowest BCUT2D eigenvalue weighted by molar-refractivity contribution is -0.119. The minimum Gasteiger partial charge on any atom is -0.465 e. The molecule has 1 saturated heterocycles. The number of fused-ring (bicyclic) bond motifs is 1. The summed E-state index contributed by atoms with van der Waals surface area (Å²) in [5.41, 5.74) is 5.10.